The van der Waals surface area contributed by atoms with E-state index >= 15 is 0 Å². The maximum absolute atomic E-state index is 12.0. The van der Waals surface area contributed by atoms with Gasteiger partial charge in [-0.1, -0.05) is 0 Å². The number of hydrogen-bond acceptors (Lipinski definition) is 3. The molecule has 0 saturated carbocycles. The minimum absolute atomic E-state index is 0.351. The van der Waals surface area contributed by atoms with Gasteiger partial charge in [-0.2, -0.15) is 0 Å². The molecule has 18 heavy (non-hydrogen) atoms. The van der Waals surface area contributed by atoms with Gasteiger partial charge < -0.3 is 4.74 Å². The second kappa shape index (κ2) is 5.19. The zero-order chi connectivity index (χ0) is 13.3. The zero-order valence-electron chi connectivity index (χ0n) is 8.45. The summed E-state index contributed by atoms with van der Waals surface area (Å²) in [6.45, 7) is 0. The lowest BCUT2D eigenvalue weighted by Gasteiger charge is -2.09. The van der Waals surface area contributed by atoms with E-state index in [0.29, 0.717) is 5.82 Å². The standard InChI is InChI=1S/C9H4F3I2N3O/c10-9(11,12)18-5-1-2-6(15-3-5)17-4-16-7(13)8(17)14/h1-4H. The number of rotatable bonds is 2. The fourth-order valence-electron chi connectivity index (χ4n) is 1.18. The summed E-state index contributed by atoms with van der Waals surface area (Å²) in [6.07, 6.45) is -2.13. The molecule has 2 aromatic rings. The Kier molecular flexibility index (Phi) is 3.99. The highest BCUT2D eigenvalue weighted by Gasteiger charge is 2.31. The highest BCUT2D eigenvalue weighted by atomic mass is 127. The Hall–Kier alpha value is -0.590. The summed E-state index contributed by atoms with van der Waals surface area (Å²) in [7, 11) is 0. The van der Waals surface area contributed by atoms with Gasteiger partial charge in [0.25, 0.3) is 0 Å². The predicted molar refractivity (Wildman–Crippen MR) is 73.5 cm³/mol. The lowest BCUT2D eigenvalue weighted by molar-refractivity contribution is -0.274. The van der Waals surface area contributed by atoms with Crippen molar-refractivity contribution in [2.45, 2.75) is 6.36 Å². The van der Waals surface area contributed by atoms with E-state index in [1.807, 2.05) is 0 Å². The van der Waals surface area contributed by atoms with Gasteiger partial charge in [0, 0.05) is 0 Å². The van der Waals surface area contributed by atoms with Gasteiger partial charge in [-0.05, 0) is 57.3 Å². The molecular formula is C9H4F3I2N3O. The summed E-state index contributed by atoms with van der Waals surface area (Å²) in [6, 6.07) is 2.64. The van der Waals surface area contributed by atoms with Crippen molar-refractivity contribution < 1.29 is 17.9 Å². The van der Waals surface area contributed by atoms with Crippen LogP contribution >= 0.6 is 45.2 Å². The molecule has 0 spiro atoms. The minimum Gasteiger partial charge on any atom is -0.404 e. The Bertz CT molecular complexity index is 553. The van der Waals surface area contributed by atoms with Crippen molar-refractivity contribution >= 4 is 45.2 Å². The van der Waals surface area contributed by atoms with Gasteiger partial charge in [-0.25, -0.2) is 9.97 Å². The molecule has 9 heteroatoms. The Morgan fingerprint density at radius 3 is 2.33 bits per heavy atom. The molecule has 0 radical (unpaired) electrons. The molecule has 2 rings (SSSR count). The van der Waals surface area contributed by atoms with Crippen molar-refractivity contribution in [1.82, 2.24) is 14.5 Å². The first-order valence-corrected chi connectivity index (χ1v) is 6.63. The predicted octanol–water partition coefficient (Wildman–Crippen LogP) is 3.38. The van der Waals surface area contributed by atoms with Crippen molar-refractivity contribution in [2.75, 3.05) is 0 Å². The van der Waals surface area contributed by atoms with Gasteiger partial charge >= 0.3 is 6.36 Å². The van der Waals surface area contributed by atoms with E-state index in [1.165, 1.54) is 12.1 Å². The molecule has 96 valence electrons. The average Bonchev–Trinajstić information content (AvgIpc) is 2.59. The van der Waals surface area contributed by atoms with Gasteiger partial charge in [0.15, 0.2) is 0 Å². The van der Waals surface area contributed by atoms with Crippen molar-refractivity contribution in [3.8, 4) is 11.6 Å². The fraction of sp³-hybridized carbons (Fsp3) is 0.111. The van der Waals surface area contributed by atoms with Crippen LogP contribution in [0.4, 0.5) is 13.2 Å². The Morgan fingerprint density at radius 2 is 1.89 bits per heavy atom. The minimum atomic E-state index is -4.71. The first-order valence-electron chi connectivity index (χ1n) is 4.47. The van der Waals surface area contributed by atoms with Crippen LogP contribution in [0.1, 0.15) is 0 Å². The van der Waals surface area contributed by atoms with Crippen LogP contribution in [0.25, 0.3) is 5.82 Å². The van der Waals surface area contributed by atoms with Crippen LogP contribution in [-0.2, 0) is 0 Å². The highest BCUT2D eigenvalue weighted by Crippen LogP contribution is 2.23. The van der Waals surface area contributed by atoms with Crippen LogP contribution < -0.4 is 4.74 Å². The summed E-state index contributed by atoms with van der Waals surface area (Å²) < 4.78 is 42.9. The van der Waals surface area contributed by atoms with Crippen molar-refractivity contribution in [2.24, 2.45) is 0 Å². The number of ether oxygens (including phenoxy) is 1. The van der Waals surface area contributed by atoms with Crippen LogP contribution in [0, 0.1) is 7.40 Å². The molecule has 0 aliphatic heterocycles. The first-order chi connectivity index (χ1) is 8.37. The molecule has 0 aromatic carbocycles. The van der Waals surface area contributed by atoms with E-state index in [9.17, 15) is 13.2 Å². The lowest BCUT2D eigenvalue weighted by Crippen LogP contribution is -2.17. The maximum Gasteiger partial charge on any atom is 0.573 e. The van der Waals surface area contributed by atoms with Crippen molar-refractivity contribution in [3.05, 3.63) is 32.1 Å². The number of nitrogens with zero attached hydrogens (tertiary/aromatic N) is 3. The molecule has 0 N–H and O–H groups in total. The quantitative estimate of drug-likeness (QED) is 0.619. The number of hydrogen-bond donors (Lipinski definition) is 0. The van der Waals surface area contributed by atoms with Crippen LogP contribution in [0.3, 0.4) is 0 Å². The summed E-state index contributed by atoms with van der Waals surface area (Å²) in [5.41, 5.74) is 0. The summed E-state index contributed by atoms with van der Waals surface area (Å²) in [5.74, 6) is 0.125. The maximum atomic E-state index is 12.0. The van der Waals surface area contributed by atoms with E-state index in [-0.39, 0.29) is 5.75 Å². The molecule has 2 aromatic heterocycles. The topological polar surface area (TPSA) is 39.9 Å². The number of pyridine rings is 1. The Labute approximate surface area is 127 Å². The molecule has 0 aliphatic carbocycles. The molecule has 0 amide bonds. The Balaban J connectivity index is 2.25. The van der Waals surface area contributed by atoms with Crippen molar-refractivity contribution in [3.63, 3.8) is 0 Å². The Morgan fingerprint density at radius 1 is 1.17 bits per heavy atom. The van der Waals surface area contributed by atoms with E-state index in [1.54, 1.807) is 10.9 Å². The second-order valence-electron chi connectivity index (χ2n) is 3.10. The van der Waals surface area contributed by atoms with Gasteiger partial charge in [-0.15, -0.1) is 13.2 Å². The SMILES string of the molecule is FC(F)(F)Oc1ccc(-n2cnc(I)c2I)nc1. The molecule has 0 bridgehead atoms. The summed E-state index contributed by atoms with van der Waals surface area (Å²) in [4.78, 5) is 7.96. The average molecular weight is 481 g/mol. The monoisotopic (exact) mass is 481 g/mol. The molecule has 4 nitrogen and oxygen atoms in total. The molecule has 0 saturated heterocycles. The number of alkyl halides is 3. The number of aromatic nitrogens is 3. The summed E-state index contributed by atoms with van der Waals surface area (Å²) in [5, 5.41) is 0. The number of imidazole rings is 1. The first kappa shape index (κ1) is 13.8. The summed E-state index contributed by atoms with van der Waals surface area (Å²) >= 11 is 4.13. The van der Waals surface area contributed by atoms with E-state index < -0.39 is 6.36 Å². The molecule has 0 unspecified atom stereocenters. The third-order valence-electron chi connectivity index (χ3n) is 1.87. The van der Waals surface area contributed by atoms with Crippen LogP contribution in [-0.4, -0.2) is 20.9 Å². The van der Waals surface area contributed by atoms with Gasteiger partial charge in [-0.3, -0.25) is 4.57 Å². The largest absolute Gasteiger partial charge is 0.573 e. The second-order valence-corrected chi connectivity index (χ2v) is 5.14. The zero-order valence-corrected chi connectivity index (χ0v) is 12.8. The fourth-order valence-corrected chi connectivity index (χ4v) is 2.08. The smallest absolute Gasteiger partial charge is 0.404 e. The van der Waals surface area contributed by atoms with Crippen LogP contribution in [0.2, 0.25) is 0 Å². The normalized spacial score (nSPS) is 11.6. The molecular weight excluding hydrogens is 477 g/mol. The molecule has 0 aliphatic rings. The van der Waals surface area contributed by atoms with E-state index in [2.05, 4.69) is 59.9 Å². The molecule has 2 heterocycles. The van der Waals surface area contributed by atoms with Crippen LogP contribution in [0.5, 0.6) is 5.75 Å². The lowest BCUT2D eigenvalue weighted by atomic mass is 10.4. The highest BCUT2D eigenvalue weighted by molar-refractivity contribution is 14.1. The molecule has 0 fully saturated rings. The van der Waals surface area contributed by atoms with Gasteiger partial charge in [0.2, 0.25) is 0 Å². The third-order valence-corrected chi connectivity index (χ3v) is 4.72. The van der Waals surface area contributed by atoms with E-state index in [0.717, 1.165) is 13.6 Å². The van der Waals surface area contributed by atoms with Crippen LogP contribution in [0.15, 0.2) is 24.7 Å². The van der Waals surface area contributed by atoms with E-state index in [4.69, 9.17) is 0 Å². The van der Waals surface area contributed by atoms with Crippen molar-refractivity contribution in [1.29, 1.82) is 0 Å². The van der Waals surface area contributed by atoms with Gasteiger partial charge in [0.05, 0.1) is 6.20 Å². The number of halogens is 5. The van der Waals surface area contributed by atoms with Gasteiger partial charge in [0.1, 0.15) is 25.3 Å². The third kappa shape index (κ3) is 3.24. The molecule has 0 atom stereocenters.